The molecular weight excluding hydrogens is 312 g/mol. The van der Waals surface area contributed by atoms with Crippen LogP contribution in [-0.4, -0.2) is 49.7 Å². The van der Waals surface area contributed by atoms with E-state index in [9.17, 15) is 13.2 Å². The fourth-order valence-corrected chi connectivity index (χ4v) is 4.58. The number of carbonyl (C=O) groups excluding carboxylic acids is 1. The Labute approximate surface area is 138 Å². The zero-order valence-corrected chi connectivity index (χ0v) is 14.8. The summed E-state index contributed by atoms with van der Waals surface area (Å²) in [6.07, 6.45) is 0.972. The van der Waals surface area contributed by atoms with E-state index in [0.717, 1.165) is 17.5 Å². The van der Waals surface area contributed by atoms with Crippen molar-refractivity contribution >= 4 is 15.9 Å². The van der Waals surface area contributed by atoms with Gasteiger partial charge in [-0.05, 0) is 49.4 Å². The molecule has 0 bridgehead atoms. The van der Waals surface area contributed by atoms with Crippen molar-refractivity contribution in [3.8, 4) is 0 Å². The Morgan fingerprint density at radius 2 is 1.70 bits per heavy atom. The monoisotopic (exact) mass is 336 g/mol. The number of sulfonamides is 1. The van der Waals surface area contributed by atoms with Gasteiger partial charge in [-0.1, -0.05) is 13.0 Å². The second-order valence-electron chi connectivity index (χ2n) is 6.79. The van der Waals surface area contributed by atoms with Crippen LogP contribution in [0.15, 0.2) is 23.1 Å². The Hall–Kier alpha value is -1.40. The third kappa shape index (κ3) is 3.15. The molecule has 1 saturated heterocycles. The van der Waals surface area contributed by atoms with Crippen LogP contribution in [0.25, 0.3) is 0 Å². The van der Waals surface area contributed by atoms with Gasteiger partial charge in [-0.25, -0.2) is 8.42 Å². The molecule has 0 N–H and O–H groups in total. The van der Waals surface area contributed by atoms with Gasteiger partial charge in [0.1, 0.15) is 0 Å². The third-order valence-electron chi connectivity index (χ3n) is 5.09. The minimum atomic E-state index is -3.47. The van der Waals surface area contributed by atoms with Gasteiger partial charge in [-0.2, -0.15) is 4.31 Å². The summed E-state index contributed by atoms with van der Waals surface area (Å²) in [7, 11) is -3.47. The van der Waals surface area contributed by atoms with Gasteiger partial charge in [0.15, 0.2) is 0 Å². The highest BCUT2D eigenvalue weighted by Gasteiger charge is 2.42. The normalized spacial score (nSPS) is 25.4. The lowest BCUT2D eigenvalue weighted by Gasteiger charge is -2.34. The van der Waals surface area contributed by atoms with Crippen LogP contribution >= 0.6 is 0 Å². The van der Waals surface area contributed by atoms with Crippen molar-refractivity contribution in [1.29, 1.82) is 0 Å². The Balaban J connectivity index is 1.68. The highest BCUT2D eigenvalue weighted by atomic mass is 32.2. The van der Waals surface area contributed by atoms with E-state index in [1.165, 1.54) is 4.31 Å². The Bertz CT molecular complexity index is 721. The van der Waals surface area contributed by atoms with Crippen LogP contribution in [0.4, 0.5) is 0 Å². The first kappa shape index (κ1) is 16.5. The summed E-state index contributed by atoms with van der Waals surface area (Å²) in [6, 6.07) is 5.24. The zero-order valence-electron chi connectivity index (χ0n) is 13.9. The Kier molecular flexibility index (Phi) is 4.23. The molecule has 1 aliphatic carbocycles. The summed E-state index contributed by atoms with van der Waals surface area (Å²) < 4.78 is 27.0. The molecule has 0 unspecified atom stereocenters. The molecule has 1 amide bonds. The predicted octanol–water partition coefficient (Wildman–Crippen LogP) is 1.79. The Morgan fingerprint density at radius 3 is 2.22 bits per heavy atom. The van der Waals surface area contributed by atoms with Gasteiger partial charge in [0.05, 0.1) is 4.90 Å². The number of benzene rings is 1. The van der Waals surface area contributed by atoms with E-state index in [1.807, 2.05) is 24.8 Å². The molecule has 1 aromatic rings. The van der Waals surface area contributed by atoms with E-state index in [1.54, 1.807) is 12.1 Å². The van der Waals surface area contributed by atoms with Crippen molar-refractivity contribution in [2.75, 3.05) is 26.2 Å². The Morgan fingerprint density at radius 1 is 1.09 bits per heavy atom. The van der Waals surface area contributed by atoms with Crippen molar-refractivity contribution in [2.24, 2.45) is 11.8 Å². The van der Waals surface area contributed by atoms with Gasteiger partial charge in [0, 0.05) is 32.1 Å². The average Bonchev–Trinajstić information content (AvgIpc) is 3.26. The van der Waals surface area contributed by atoms with E-state index in [-0.39, 0.29) is 11.8 Å². The van der Waals surface area contributed by atoms with Crippen molar-refractivity contribution < 1.29 is 13.2 Å². The summed E-state index contributed by atoms with van der Waals surface area (Å²) in [6.45, 7) is 7.71. The number of hydrogen-bond donors (Lipinski definition) is 0. The largest absolute Gasteiger partial charge is 0.340 e. The van der Waals surface area contributed by atoms with Crippen molar-refractivity contribution in [3.05, 3.63) is 29.3 Å². The van der Waals surface area contributed by atoms with E-state index >= 15 is 0 Å². The number of aryl methyl sites for hydroxylation is 2. The molecule has 2 atom stereocenters. The van der Waals surface area contributed by atoms with Crippen LogP contribution in [0.3, 0.4) is 0 Å². The summed E-state index contributed by atoms with van der Waals surface area (Å²) >= 11 is 0. The van der Waals surface area contributed by atoms with Crippen LogP contribution in [0.5, 0.6) is 0 Å². The lowest BCUT2D eigenvalue weighted by atomic mass is 10.1. The van der Waals surface area contributed by atoms with Crippen LogP contribution in [-0.2, 0) is 14.8 Å². The lowest BCUT2D eigenvalue weighted by Crippen LogP contribution is -2.51. The molecule has 5 nitrogen and oxygen atoms in total. The van der Waals surface area contributed by atoms with Gasteiger partial charge < -0.3 is 4.90 Å². The highest BCUT2D eigenvalue weighted by Crippen LogP contribution is 2.39. The topological polar surface area (TPSA) is 57.7 Å². The molecule has 1 saturated carbocycles. The number of amides is 1. The maximum Gasteiger partial charge on any atom is 0.243 e. The number of hydrogen-bond acceptors (Lipinski definition) is 3. The first-order valence-electron chi connectivity index (χ1n) is 8.17. The van der Waals surface area contributed by atoms with Crippen molar-refractivity contribution in [3.63, 3.8) is 0 Å². The molecule has 2 fully saturated rings. The van der Waals surface area contributed by atoms with E-state index in [0.29, 0.717) is 37.0 Å². The molecule has 1 heterocycles. The van der Waals surface area contributed by atoms with Gasteiger partial charge >= 0.3 is 0 Å². The molecule has 23 heavy (non-hydrogen) atoms. The second-order valence-corrected chi connectivity index (χ2v) is 8.73. The summed E-state index contributed by atoms with van der Waals surface area (Å²) in [5, 5.41) is 0. The fraction of sp³-hybridized carbons (Fsp3) is 0.588. The molecule has 3 rings (SSSR count). The fourth-order valence-electron chi connectivity index (χ4n) is 3.07. The quantitative estimate of drug-likeness (QED) is 0.846. The molecule has 126 valence electrons. The molecular formula is C17H24N2O3S. The summed E-state index contributed by atoms with van der Waals surface area (Å²) in [4.78, 5) is 14.4. The number of rotatable bonds is 3. The third-order valence-corrected chi connectivity index (χ3v) is 6.99. The van der Waals surface area contributed by atoms with E-state index < -0.39 is 10.0 Å². The average molecular weight is 336 g/mol. The SMILES string of the molecule is Cc1ccc(S(=O)(=O)N2CCN(C(=O)[C@@H]3C[C@H]3C)CC2)cc1C. The zero-order chi connectivity index (χ0) is 16.8. The molecule has 6 heteroatoms. The van der Waals surface area contributed by atoms with Crippen LogP contribution in [0, 0.1) is 25.7 Å². The van der Waals surface area contributed by atoms with Crippen molar-refractivity contribution in [1.82, 2.24) is 9.21 Å². The van der Waals surface area contributed by atoms with Crippen LogP contribution in [0.2, 0.25) is 0 Å². The van der Waals surface area contributed by atoms with E-state index in [4.69, 9.17) is 0 Å². The lowest BCUT2D eigenvalue weighted by molar-refractivity contribution is -0.134. The highest BCUT2D eigenvalue weighted by molar-refractivity contribution is 7.89. The minimum absolute atomic E-state index is 0.165. The molecule has 2 aliphatic rings. The maximum absolute atomic E-state index is 12.7. The van der Waals surface area contributed by atoms with Gasteiger partial charge in [0.25, 0.3) is 0 Å². The van der Waals surface area contributed by atoms with Crippen LogP contribution in [0.1, 0.15) is 24.5 Å². The molecule has 1 aromatic carbocycles. The number of nitrogens with zero attached hydrogens (tertiary/aromatic N) is 2. The standard InChI is InChI=1S/C17H24N2O3S/c1-12-4-5-15(10-13(12)2)23(21,22)19-8-6-18(7-9-19)17(20)16-11-14(16)3/h4-5,10,14,16H,6-9,11H2,1-3H3/t14-,16-/m1/s1. The molecule has 1 aliphatic heterocycles. The minimum Gasteiger partial charge on any atom is -0.340 e. The first-order valence-corrected chi connectivity index (χ1v) is 9.61. The number of carbonyl (C=O) groups is 1. The molecule has 0 aromatic heterocycles. The first-order chi connectivity index (χ1) is 10.8. The van der Waals surface area contributed by atoms with E-state index in [2.05, 4.69) is 6.92 Å². The van der Waals surface area contributed by atoms with Gasteiger partial charge in [-0.15, -0.1) is 0 Å². The van der Waals surface area contributed by atoms with Gasteiger partial charge in [0.2, 0.25) is 15.9 Å². The van der Waals surface area contributed by atoms with Crippen LogP contribution < -0.4 is 0 Å². The summed E-state index contributed by atoms with van der Waals surface area (Å²) in [5.74, 6) is 0.846. The predicted molar refractivity (Wildman–Crippen MR) is 88.5 cm³/mol. The maximum atomic E-state index is 12.7. The number of piperazine rings is 1. The van der Waals surface area contributed by atoms with Gasteiger partial charge in [-0.3, -0.25) is 4.79 Å². The summed E-state index contributed by atoms with van der Waals surface area (Å²) in [5.41, 5.74) is 2.06. The smallest absolute Gasteiger partial charge is 0.243 e. The molecule has 0 spiro atoms. The second kappa shape index (κ2) is 5.91. The van der Waals surface area contributed by atoms with Crippen molar-refractivity contribution in [2.45, 2.75) is 32.1 Å². The molecule has 0 radical (unpaired) electrons.